The van der Waals surface area contributed by atoms with E-state index >= 15 is 0 Å². The van der Waals surface area contributed by atoms with E-state index in [9.17, 15) is 4.79 Å². The number of hydrogen-bond donors (Lipinski definition) is 0. The van der Waals surface area contributed by atoms with Crippen LogP contribution in [0.3, 0.4) is 0 Å². The van der Waals surface area contributed by atoms with Gasteiger partial charge in [0.1, 0.15) is 11.5 Å². The molecule has 0 saturated heterocycles. The molecule has 0 atom stereocenters. The van der Waals surface area contributed by atoms with Crippen molar-refractivity contribution in [3.05, 3.63) is 41.6 Å². The molecule has 15 heavy (non-hydrogen) atoms. The Morgan fingerprint density at radius 1 is 1.33 bits per heavy atom. The van der Waals surface area contributed by atoms with E-state index in [-0.39, 0.29) is 10.7 Å². The molecule has 4 nitrogen and oxygen atoms in total. The Bertz CT molecular complexity index is 487. The van der Waals surface area contributed by atoms with Crippen molar-refractivity contribution in [2.45, 2.75) is 0 Å². The number of carbonyl (C=O) groups excluding carboxylic acids is 1. The molecule has 0 aliphatic carbocycles. The molecule has 0 bridgehead atoms. The lowest BCUT2D eigenvalue weighted by molar-refractivity contribution is 0.112. The van der Waals surface area contributed by atoms with Gasteiger partial charge in [0.2, 0.25) is 0 Å². The fourth-order valence-electron chi connectivity index (χ4n) is 1.21. The average molecular weight is 220 g/mol. The smallest absolute Gasteiger partial charge is 0.155 e. The van der Waals surface area contributed by atoms with Crippen LogP contribution in [0.25, 0.3) is 11.3 Å². The van der Waals surface area contributed by atoms with Crippen molar-refractivity contribution in [3.63, 3.8) is 0 Å². The van der Waals surface area contributed by atoms with Crippen molar-refractivity contribution in [2.24, 2.45) is 0 Å². The number of pyridine rings is 1. The standard InChI is InChI=1S/C10H6ClN3O/c11-10-8(5-15)9(13-6-14-10)7-2-1-3-12-4-7/h1-6H. The van der Waals surface area contributed by atoms with Gasteiger partial charge in [-0.3, -0.25) is 9.78 Å². The Labute approximate surface area is 91.0 Å². The summed E-state index contributed by atoms with van der Waals surface area (Å²) in [5, 5.41) is 0.152. The Hall–Kier alpha value is -1.81. The van der Waals surface area contributed by atoms with Crippen LogP contribution in [-0.4, -0.2) is 21.2 Å². The number of halogens is 1. The Morgan fingerprint density at radius 2 is 2.20 bits per heavy atom. The van der Waals surface area contributed by atoms with Crippen molar-refractivity contribution in [3.8, 4) is 11.3 Å². The molecule has 0 unspecified atom stereocenters. The molecular weight excluding hydrogens is 214 g/mol. The molecule has 2 heterocycles. The highest BCUT2D eigenvalue weighted by atomic mass is 35.5. The van der Waals surface area contributed by atoms with Gasteiger partial charge < -0.3 is 0 Å². The highest BCUT2D eigenvalue weighted by molar-refractivity contribution is 6.32. The van der Waals surface area contributed by atoms with Gasteiger partial charge in [-0.15, -0.1) is 0 Å². The van der Waals surface area contributed by atoms with Crippen molar-refractivity contribution in [1.82, 2.24) is 15.0 Å². The third kappa shape index (κ3) is 1.85. The van der Waals surface area contributed by atoms with E-state index in [4.69, 9.17) is 11.6 Å². The van der Waals surface area contributed by atoms with Crippen LogP contribution in [0.5, 0.6) is 0 Å². The van der Waals surface area contributed by atoms with E-state index in [1.807, 2.05) is 0 Å². The van der Waals surface area contributed by atoms with Crippen LogP contribution in [0.4, 0.5) is 0 Å². The SMILES string of the molecule is O=Cc1c(Cl)ncnc1-c1cccnc1. The maximum absolute atomic E-state index is 10.8. The number of rotatable bonds is 2. The zero-order chi connectivity index (χ0) is 10.7. The second-order valence-corrected chi connectivity index (χ2v) is 3.14. The molecule has 2 aromatic heterocycles. The summed E-state index contributed by atoms with van der Waals surface area (Å²) >= 11 is 5.78. The maximum Gasteiger partial charge on any atom is 0.155 e. The van der Waals surface area contributed by atoms with E-state index in [0.717, 1.165) is 5.56 Å². The first-order chi connectivity index (χ1) is 7.33. The second-order valence-electron chi connectivity index (χ2n) is 2.79. The Kier molecular flexibility index (Phi) is 2.69. The average Bonchev–Trinajstić information content (AvgIpc) is 2.30. The zero-order valence-corrected chi connectivity index (χ0v) is 8.35. The third-order valence-corrected chi connectivity index (χ3v) is 2.19. The highest BCUT2D eigenvalue weighted by Crippen LogP contribution is 2.22. The number of hydrogen-bond acceptors (Lipinski definition) is 4. The lowest BCUT2D eigenvalue weighted by Gasteiger charge is -2.03. The van der Waals surface area contributed by atoms with E-state index in [2.05, 4.69) is 15.0 Å². The summed E-state index contributed by atoms with van der Waals surface area (Å²) in [4.78, 5) is 22.5. The number of aldehydes is 1. The molecule has 0 N–H and O–H groups in total. The molecule has 0 aromatic carbocycles. The van der Waals surface area contributed by atoms with Crippen molar-refractivity contribution in [2.75, 3.05) is 0 Å². The van der Waals surface area contributed by atoms with Gasteiger partial charge in [-0.05, 0) is 12.1 Å². The van der Waals surface area contributed by atoms with E-state index in [1.165, 1.54) is 6.33 Å². The summed E-state index contributed by atoms with van der Waals surface area (Å²) in [6.45, 7) is 0. The summed E-state index contributed by atoms with van der Waals surface area (Å²) in [5.74, 6) is 0. The van der Waals surface area contributed by atoms with E-state index < -0.39 is 0 Å². The molecule has 0 amide bonds. The molecule has 2 rings (SSSR count). The van der Waals surface area contributed by atoms with Crippen molar-refractivity contribution in [1.29, 1.82) is 0 Å². The number of carbonyl (C=O) groups is 1. The molecule has 0 saturated carbocycles. The van der Waals surface area contributed by atoms with Crippen molar-refractivity contribution >= 4 is 17.9 Å². The summed E-state index contributed by atoms with van der Waals surface area (Å²) in [6, 6.07) is 3.57. The zero-order valence-electron chi connectivity index (χ0n) is 7.59. The van der Waals surface area contributed by atoms with Crippen LogP contribution in [-0.2, 0) is 0 Å². The largest absolute Gasteiger partial charge is 0.298 e. The Balaban J connectivity index is 2.63. The van der Waals surface area contributed by atoms with Gasteiger partial charge in [0.15, 0.2) is 6.29 Å². The molecule has 0 aliphatic rings. The minimum absolute atomic E-state index is 0.152. The third-order valence-electron chi connectivity index (χ3n) is 1.89. The topological polar surface area (TPSA) is 55.7 Å². The Morgan fingerprint density at radius 3 is 2.87 bits per heavy atom. The van der Waals surface area contributed by atoms with Crippen LogP contribution < -0.4 is 0 Å². The van der Waals surface area contributed by atoms with Gasteiger partial charge in [-0.25, -0.2) is 9.97 Å². The van der Waals surface area contributed by atoms with Gasteiger partial charge in [0.05, 0.1) is 11.3 Å². The first-order valence-electron chi connectivity index (χ1n) is 4.19. The lowest BCUT2D eigenvalue weighted by atomic mass is 10.1. The van der Waals surface area contributed by atoms with Crippen LogP contribution in [0.1, 0.15) is 10.4 Å². The van der Waals surface area contributed by atoms with Gasteiger partial charge in [0, 0.05) is 18.0 Å². The summed E-state index contributed by atoms with van der Waals surface area (Å²) in [7, 11) is 0. The van der Waals surface area contributed by atoms with Gasteiger partial charge in [0.25, 0.3) is 0 Å². The van der Waals surface area contributed by atoms with Crippen LogP contribution in [0.15, 0.2) is 30.9 Å². The number of aromatic nitrogens is 3. The first-order valence-corrected chi connectivity index (χ1v) is 4.57. The fraction of sp³-hybridized carbons (Fsp3) is 0. The van der Waals surface area contributed by atoms with E-state index in [1.54, 1.807) is 24.5 Å². The molecule has 0 fully saturated rings. The maximum atomic E-state index is 10.8. The van der Waals surface area contributed by atoms with Gasteiger partial charge >= 0.3 is 0 Å². The molecule has 5 heteroatoms. The minimum atomic E-state index is 0.152. The van der Waals surface area contributed by atoms with Crippen LogP contribution >= 0.6 is 11.6 Å². The minimum Gasteiger partial charge on any atom is -0.298 e. The van der Waals surface area contributed by atoms with Crippen LogP contribution in [0.2, 0.25) is 5.15 Å². The highest BCUT2D eigenvalue weighted by Gasteiger charge is 2.10. The van der Waals surface area contributed by atoms with Crippen LogP contribution in [0, 0.1) is 0 Å². The summed E-state index contributed by atoms with van der Waals surface area (Å²) in [5.41, 5.74) is 1.52. The monoisotopic (exact) mass is 219 g/mol. The second kappa shape index (κ2) is 4.14. The first kappa shape index (κ1) is 9.73. The molecule has 0 spiro atoms. The molecule has 74 valence electrons. The quantitative estimate of drug-likeness (QED) is 0.573. The molecule has 2 aromatic rings. The predicted molar refractivity (Wildman–Crippen MR) is 55.7 cm³/mol. The fourth-order valence-corrected chi connectivity index (χ4v) is 1.39. The molecule has 0 radical (unpaired) electrons. The van der Waals surface area contributed by atoms with Gasteiger partial charge in [-0.2, -0.15) is 0 Å². The normalized spacial score (nSPS) is 9.93. The van der Waals surface area contributed by atoms with E-state index in [0.29, 0.717) is 12.0 Å². The molecular formula is C10H6ClN3O. The molecule has 0 aliphatic heterocycles. The predicted octanol–water partition coefficient (Wildman–Crippen LogP) is 2.00. The summed E-state index contributed by atoms with van der Waals surface area (Å²) < 4.78 is 0. The number of nitrogens with zero attached hydrogens (tertiary/aromatic N) is 3. The lowest BCUT2D eigenvalue weighted by Crippen LogP contribution is -1.95. The summed E-state index contributed by atoms with van der Waals surface area (Å²) in [6.07, 6.45) is 5.22. The van der Waals surface area contributed by atoms with Crippen molar-refractivity contribution < 1.29 is 4.79 Å². The van der Waals surface area contributed by atoms with Gasteiger partial charge in [-0.1, -0.05) is 11.6 Å².